The van der Waals surface area contributed by atoms with Gasteiger partial charge in [0, 0.05) is 34.9 Å². The van der Waals surface area contributed by atoms with Crippen LogP contribution in [0.3, 0.4) is 0 Å². The number of nitrogens with zero attached hydrogens (tertiary/aromatic N) is 1. The van der Waals surface area contributed by atoms with Crippen LogP contribution < -0.4 is 0 Å². The fourth-order valence-corrected chi connectivity index (χ4v) is 2.37. The first-order chi connectivity index (χ1) is 12.2. The zero-order valence-corrected chi connectivity index (χ0v) is 14.1. The Morgan fingerprint density at radius 2 is 2.00 bits per heavy atom. The predicted molar refractivity (Wildman–Crippen MR) is 92.8 cm³/mol. The van der Waals surface area contributed by atoms with Crippen LogP contribution >= 0.6 is 0 Å². The normalized spacial score (nSPS) is 13.1. The number of carbonyl (C=O) groups is 2. The molecular formula is C19H17F3N2O2. The maximum absolute atomic E-state index is 12.9. The molecule has 1 N–H and O–H groups in total. The van der Waals surface area contributed by atoms with Crippen LogP contribution in [0.4, 0.5) is 13.2 Å². The van der Waals surface area contributed by atoms with Gasteiger partial charge in [-0.25, -0.2) is 0 Å². The van der Waals surface area contributed by atoms with Crippen molar-refractivity contribution in [2.24, 2.45) is 0 Å². The van der Waals surface area contributed by atoms with Crippen molar-refractivity contribution in [1.29, 1.82) is 0 Å². The van der Waals surface area contributed by atoms with Gasteiger partial charge >= 0.3 is 6.18 Å². The summed E-state index contributed by atoms with van der Waals surface area (Å²) >= 11 is 0. The van der Waals surface area contributed by atoms with Crippen molar-refractivity contribution < 1.29 is 22.8 Å². The van der Waals surface area contributed by atoms with Crippen molar-refractivity contribution >= 4 is 22.5 Å². The van der Waals surface area contributed by atoms with Crippen LogP contribution in [-0.4, -0.2) is 27.9 Å². The highest BCUT2D eigenvalue weighted by molar-refractivity contribution is 6.04. The topological polar surface area (TPSA) is 62.8 Å². The van der Waals surface area contributed by atoms with Crippen LogP contribution in [0, 0.1) is 0 Å². The number of nitrogens with one attached hydrogen (secondary N) is 1. The zero-order chi connectivity index (χ0) is 19.3. The van der Waals surface area contributed by atoms with E-state index in [1.54, 1.807) is 24.4 Å². The molecule has 0 saturated carbocycles. The van der Waals surface area contributed by atoms with E-state index in [-0.39, 0.29) is 18.6 Å². The van der Waals surface area contributed by atoms with E-state index in [4.69, 9.17) is 0 Å². The van der Waals surface area contributed by atoms with Gasteiger partial charge in [0.1, 0.15) is 0 Å². The third-order valence-electron chi connectivity index (χ3n) is 3.87. The number of hydrogen-bond acceptors (Lipinski definition) is 3. The lowest BCUT2D eigenvalue weighted by atomic mass is 9.97. The standard InChI is InChI=1S/C19H17F3N2O2/c1-3-4-5-15(12(2)19(20,21)22)18(26)9-8-17(25)13-6-7-16-14(10-13)11-23-24-16/h3-7,10-11H,1,8-9H2,2H3,(H,23,24)/b5-4-,15-12-. The highest BCUT2D eigenvalue weighted by atomic mass is 19.4. The Morgan fingerprint density at radius 1 is 1.27 bits per heavy atom. The van der Waals surface area contributed by atoms with Crippen LogP contribution in [-0.2, 0) is 4.79 Å². The fourth-order valence-electron chi connectivity index (χ4n) is 2.37. The number of rotatable bonds is 7. The molecule has 1 aromatic heterocycles. The van der Waals surface area contributed by atoms with Crippen molar-refractivity contribution in [3.05, 3.63) is 65.9 Å². The monoisotopic (exact) mass is 362 g/mol. The summed E-state index contributed by atoms with van der Waals surface area (Å²) in [5, 5.41) is 7.34. The molecular weight excluding hydrogens is 345 g/mol. The van der Waals surface area contributed by atoms with Crippen LogP contribution in [0.5, 0.6) is 0 Å². The number of carbonyl (C=O) groups excluding carboxylic acids is 2. The van der Waals surface area contributed by atoms with Crippen molar-refractivity contribution in [3.63, 3.8) is 0 Å². The second-order valence-corrected chi connectivity index (χ2v) is 5.65. The highest BCUT2D eigenvalue weighted by Gasteiger charge is 2.33. The lowest BCUT2D eigenvalue weighted by Crippen LogP contribution is -2.16. The van der Waals surface area contributed by atoms with Gasteiger partial charge in [0.2, 0.25) is 0 Å². The molecule has 0 fully saturated rings. The predicted octanol–water partition coefficient (Wildman–Crippen LogP) is 4.72. The van der Waals surface area contributed by atoms with E-state index in [9.17, 15) is 22.8 Å². The van der Waals surface area contributed by atoms with E-state index >= 15 is 0 Å². The smallest absolute Gasteiger partial charge is 0.294 e. The molecule has 136 valence electrons. The summed E-state index contributed by atoms with van der Waals surface area (Å²) in [6.45, 7) is 4.23. The van der Waals surface area contributed by atoms with E-state index in [2.05, 4.69) is 16.8 Å². The number of aromatic nitrogens is 2. The summed E-state index contributed by atoms with van der Waals surface area (Å²) in [7, 11) is 0. The van der Waals surface area contributed by atoms with Gasteiger partial charge in [-0.05, 0) is 25.1 Å². The van der Waals surface area contributed by atoms with Gasteiger partial charge in [0.25, 0.3) is 0 Å². The van der Waals surface area contributed by atoms with Gasteiger partial charge in [0.05, 0.1) is 11.7 Å². The maximum atomic E-state index is 12.9. The Bertz CT molecular complexity index is 905. The van der Waals surface area contributed by atoms with E-state index in [0.29, 0.717) is 5.56 Å². The lowest BCUT2D eigenvalue weighted by Gasteiger charge is -2.11. The fraction of sp³-hybridized carbons (Fsp3) is 0.211. The van der Waals surface area contributed by atoms with E-state index in [0.717, 1.165) is 23.9 Å². The second kappa shape index (κ2) is 7.95. The SMILES string of the molecule is C=C/C=C\C(C(=O)CCC(=O)c1ccc2[nH]ncc2c1)=C(/C)C(F)(F)F. The molecule has 0 bridgehead atoms. The third kappa shape index (κ3) is 4.56. The number of ketones is 2. The molecule has 4 nitrogen and oxygen atoms in total. The number of aromatic amines is 1. The lowest BCUT2D eigenvalue weighted by molar-refractivity contribution is -0.117. The number of halogens is 3. The molecule has 1 aromatic carbocycles. The van der Waals surface area contributed by atoms with Crippen LogP contribution in [0.1, 0.15) is 30.1 Å². The zero-order valence-electron chi connectivity index (χ0n) is 14.1. The molecule has 0 radical (unpaired) electrons. The largest absolute Gasteiger partial charge is 0.413 e. The van der Waals surface area contributed by atoms with Gasteiger partial charge in [-0.2, -0.15) is 18.3 Å². The summed E-state index contributed by atoms with van der Waals surface area (Å²) in [4.78, 5) is 24.5. The molecule has 0 aliphatic carbocycles. The minimum Gasteiger partial charge on any atom is -0.294 e. The number of H-pyrrole nitrogens is 1. The molecule has 0 unspecified atom stereocenters. The Kier molecular flexibility index (Phi) is 5.92. The van der Waals surface area contributed by atoms with Gasteiger partial charge in [-0.15, -0.1) is 0 Å². The Morgan fingerprint density at radius 3 is 2.65 bits per heavy atom. The summed E-state index contributed by atoms with van der Waals surface area (Å²) < 4.78 is 38.8. The molecule has 26 heavy (non-hydrogen) atoms. The first-order valence-electron chi connectivity index (χ1n) is 7.80. The summed E-state index contributed by atoms with van der Waals surface area (Å²) in [6, 6.07) is 4.90. The summed E-state index contributed by atoms with van der Waals surface area (Å²) in [5.74, 6) is -1.06. The number of hydrogen-bond donors (Lipinski definition) is 1. The van der Waals surface area contributed by atoms with E-state index in [1.165, 1.54) is 12.2 Å². The van der Waals surface area contributed by atoms with Gasteiger partial charge in [0.15, 0.2) is 11.6 Å². The first-order valence-corrected chi connectivity index (χ1v) is 7.80. The second-order valence-electron chi connectivity index (χ2n) is 5.65. The molecule has 2 aromatic rings. The molecule has 1 heterocycles. The molecule has 0 atom stereocenters. The number of benzene rings is 1. The Labute approximate surface area is 148 Å². The highest BCUT2D eigenvalue weighted by Crippen LogP contribution is 2.29. The van der Waals surface area contributed by atoms with Gasteiger partial charge in [-0.1, -0.05) is 24.8 Å². The van der Waals surface area contributed by atoms with Crippen LogP contribution in [0.15, 0.2) is 60.3 Å². The Balaban J connectivity index is 2.15. The first kappa shape index (κ1) is 19.4. The maximum Gasteiger partial charge on any atom is 0.413 e. The van der Waals surface area contributed by atoms with Crippen molar-refractivity contribution in [2.75, 3.05) is 0 Å². The van der Waals surface area contributed by atoms with Gasteiger partial charge < -0.3 is 0 Å². The van der Waals surface area contributed by atoms with Crippen LogP contribution in [0.25, 0.3) is 10.9 Å². The Hall–Kier alpha value is -2.96. The molecule has 0 amide bonds. The number of Topliss-reactive ketones (excluding diaryl/α,β-unsaturated/α-hetero) is 2. The molecule has 2 rings (SSSR count). The molecule has 0 saturated heterocycles. The average molecular weight is 362 g/mol. The van der Waals surface area contributed by atoms with E-state index < -0.39 is 23.1 Å². The molecule has 0 aliphatic rings. The number of fused-ring (bicyclic) bond motifs is 1. The van der Waals surface area contributed by atoms with Crippen molar-refractivity contribution in [2.45, 2.75) is 25.9 Å². The number of alkyl halides is 3. The third-order valence-corrected chi connectivity index (χ3v) is 3.87. The molecule has 0 spiro atoms. The average Bonchev–Trinajstić information content (AvgIpc) is 3.06. The quantitative estimate of drug-likeness (QED) is 0.441. The van der Waals surface area contributed by atoms with E-state index in [1.807, 2.05) is 0 Å². The number of allylic oxidation sites excluding steroid dienone is 5. The van der Waals surface area contributed by atoms with Crippen molar-refractivity contribution in [3.8, 4) is 0 Å². The molecule has 0 aliphatic heterocycles. The van der Waals surface area contributed by atoms with Gasteiger partial charge in [-0.3, -0.25) is 14.7 Å². The minimum atomic E-state index is -4.62. The minimum absolute atomic E-state index is 0.182. The summed E-state index contributed by atoms with van der Waals surface area (Å²) in [5.41, 5.74) is -0.312. The van der Waals surface area contributed by atoms with Crippen molar-refractivity contribution in [1.82, 2.24) is 10.2 Å². The molecule has 7 heteroatoms. The van der Waals surface area contributed by atoms with Crippen LogP contribution in [0.2, 0.25) is 0 Å². The summed E-state index contributed by atoms with van der Waals surface area (Å²) in [6.07, 6.45) is 0.0580.